The van der Waals surface area contributed by atoms with Crippen LogP contribution in [0.2, 0.25) is 0 Å². The molecule has 1 saturated carbocycles. The Morgan fingerprint density at radius 1 is 1.19 bits per heavy atom. The fourth-order valence-corrected chi connectivity index (χ4v) is 4.75. The minimum absolute atomic E-state index is 0.167. The lowest BCUT2D eigenvalue weighted by Gasteiger charge is -2.35. The number of carboxylic acid groups (broad SMARTS) is 1. The van der Waals surface area contributed by atoms with Gasteiger partial charge < -0.3 is 5.11 Å². The van der Waals surface area contributed by atoms with E-state index in [0.717, 1.165) is 48.4 Å². The molecule has 6 heteroatoms. The Hall–Kier alpha value is -1.40. The largest absolute Gasteiger partial charge is 0.480 e. The van der Waals surface area contributed by atoms with Crippen LogP contribution in [0.5, 0.6) is 0 Å². The zero-order chi connectivity index (χ0) is 15.0. The van der Waals surface area contributed by atoms with Crippen molar-refractivity contribution in [2.75, 3.05) is 6.54 Å². The Morgan fingerprint density at radius 2 is 1.90 bits per heavy atom. The average molecular weight is 309 g/mol. The molecule has 5 nitrogen and oxygen atoms in total. The van der Waals surface area contributed by atoms with Crippen LogP contribution in [0.15, 0.2) is 23.1 Å². The van der Waals surface area contributed by atoms with Gasteiger partial charge in [0, 0.05) is 6.04 Å². The highest BCUT2D eigenvalue weighted by atomic mass is 32.2. The first-order valence-electron chi connectivity index (χ1n) is 7.34. The second-order valence-corrected chi connectivity index (χ2v) is 7.70. The lowest BCUT2D eigenvalue weighted by atomic mass is 9.93. The average Bonchev–Trinajstić information content (AvgIpc) is 2.82. The highest BCUT2D eigenvalue weighted by Crippen LogP contribution is 2.31. The van der Waals surface area contributed by atoms with Crippen molar-refractivity contribution in [1.82, 2.24) is 4.31 Å². The highest BCUT2D eigenvalue weighted by molar-refractivity contribution is 7.89. The van der Waals surface area contributed by atoms with Crippen LogP contribution in [0.4, 0.5) is 0 Å². The zero-order valence-electron chi connectivity index (χ0n) is 11.8. The van der Waals surface area contributed by atoms with Crippen LogP contribution < -0.4 is 0 Å². The first-order valence-corrected chi connectivity index (χ1v) is 8.78. The summed E-state index contributed by atoms with van der Waals surface area (Å²) < 4.78 is 26.7. The monoisotopic (exact) mass is 309 g/mol. The smallest absolute Gasteiger partial charge is 0.318 e. The van der Waals surface area contributed by atoms with Gasteiger partial charge in [-0.1, -0.05) is 12.5 Å². The van der Waals surface area contributed by atoms with Crippen LogP contribution in [0.1, 0.15) is 36.8 Å². The lowest BCUT2D eigenvalue weighted by Crippen LogP contribution is -2.46. The normalized spacial score (nSPS) is 18.5. The molecular formula is C15H19NO4S. The first kappa shape index (κ1) is 14.5. The third-order valence-corrected chi connectivity index (χ3v) is 6.34. The number of sulfonamides is 1. The maximum Gasteiger partial charge on any atom is 0.318 e. The molecule has 0 aliphatic heterocycles. The highest BCUT2D eigenvalue weighted by Gasteiger charge is 2.36. The van der Waals surface area contributed by atoms with E-state index in [1.807, 2.05) is 6.07 Å². The van der Waals surface area contributed by atoms with Gasteiger partial charge in [0.15, 0.2) is 0 Å². The van der Waals surface area contributed by atoms with Gasteiger partial charge in [-0.05, 0) is 55.4 Å². The van der Waals surface area contributed by atoms with Gasteiger partial charge in [-0.2, -0.15) is 4.31 Å². The molecule has 1 N–H and O–H groups in total. The molecule has 0 radical (unpaired) electrons. The molecule has 0 amide bonds. The van der Waals surface area contributed by atoms with Gasteiger partial charge in [0.2, 0.25) is 10.0 Å². The third kappa shape index (κ3) is 2.70. The number of carboxylic acids is 1. The second-order valence-electron chi connectivity index (χ2n) is 5.81. The summed E-state index contributed by atoms with van der Waals surface area (Å²) >= 11 is 0. The summed E-state index contributed by atoms with van der Waals surface area (Å²) in [6, 6.07) is 5.05. The molecule has 114 valence electrons. The Balaban J connectivity index is 1.94. The van der Waals surface area contributed by atoms with Crippen LogP contribution in [-0.4, -0.2) is 36.4 Å². The number of hydrogen-bond donors (Lipinski definition) is 1. The fraction of sp³-hybridized carbons (Fsp3) is 0.533. The third-order valence-electron chi connectivity index (χ3n) is 4.45. The molecule has 0 aromatic heterocycles. The minimum Gasteiger partial charge on any atom is -0.480 e. The maximum atomic E-state index is 12.8. The topological polar surface area (TPSA) is 74.7 Å². The van der Waals surface area contributed by atoms with E-state index in [9.17, 15) is 13.2 Å². The van der Waals surface area contributed by atoms with Crippen molar-refractivity contribution in [3.63, 3.8) is 0 Å². The van der Waals surface area contributed by atoms with Gasteiger partial charge in [-0.15, -0.1) is 0 Å². The van der Waals surface area contributed by atoms with E-state index in [2.05, 4.69) is 0 Å². The molecule has 21 heavy (non-hydrogen) atoms. The Labute approximate surface area is 124 Å². The van der Waals surface area contributed by atoms with E-state index >= 15 is 0 Å². The number of aliphatic carboxylic acids is 1. The van der Waals surface area contributed by atoms with Crippen molar-refractivity contribution >= 4 is 16.0 Å². The van der Waals surface area contributed by atoms with Crippen molar-refractivity contribution in [3.05, 3.63) is 29.3 Å². The molecule has 2 aliphatic carbocycles. The van der Waals surface area contributed by atoms with E-state index in [-0.39, 0.29) is 10.9 Å². The first-order chi connectivity index (χ1) is 9.98. The number of hydrogen-bond acceptors (Lipinski definition) is 3. The van der Waals surface area contributed by atoms with E-state index in [0.29, 0.717) is 0 Å². The van der Waals surface area contributed by atoms with Gasteiger partial charge >= 0.3 is 5.97 Å². The van der Waals surface area contributed by atoms with Crippen LogP contribution in [0.3, 0.4) is 0 Å². The van der Waals surface area contributed by atoms with Gasteiger partial charge in [0.05, 0.1) is 4.90 Å². The van der Waals surface area contributed by atoms with Crippen molar-refractivity contribution in [3.8, 4) is 0 Å². The van der Waals surface area contributed by atoms with Gasteiger partial charge in [0.1, 0.15) is 6.54 Å². The molecule has 1 aromatic rings. The zero-order valence-corrected chi connectivity index (χ0v) is 12.6. The van der Waals surface area contributed by atoms with Crippen LogP contribution in [-0.2, 0) is 27.7 Å². The number of fused-ring (bicyclic) bond motifs is 1. The lowest BCUT2D eigenvalue weighted by molar-refractivity contribution is -0.137. The number of aryl methyl sites for hydroxylation is 2. The van der Waals surface area contributed by atoms with Gasteiger partial charge in [-0.25, -0.2) is 8.42 Å². The molecule has 0 atom stereocenters. The summed E-state index contributed by atoms with van der Waals surface area (Å²) in [5.41, 5.74) is 2.29. The number of benzene rings is 1. The van der Waals surface area contributed by atoms with Crippen LogP contribution in [0.25, 0.3) is 0 Å². The predicted molar refractivity (Wildman–Crippen MR) is 77.6 cm³/mol. The summed E-state index contributed by atoms with van der Waals surface area (Å²) in [6.07, 6.45) is 5.41. The van der Waals surface area contributed by atoms with Crippen molar-refractivity contribution in [1.29, 1.82) is 0 Å². The summed E-state index contributed by atoms with van der Waals surface area (Å²) in [6.45, 7) is -0.454. The summed E-state index contributed by atoms with van der Waals surface area (Å²) in [4.78, 5) is 11.2. The summed E-state index contributed by atoms with van der Waals surface area (Å²) in [5, 5.41) is 9.01. The quantitative estimate of drug-likeness (QED) is 0.900. The van der Waals surface area contributed by atoms with Crippen LogP contribution in [0, 0.1) is 0 Å². The molecule has 1 aromatic carbocycles. The van der Waals surface area contributed by atoms with Crippen molar-refractivity contribution < 1.29 is 18.3 Å². The summed E-state index contributed by atoms with van der Waals surface area (Å²) in [7, 11) is -3.73. The Bertz CT molecular complexity index is 664. The number of carbonyl (C=O) groups is 1. The molecule has 3 rings (SSSR count). The molecule has 0 bridgehead atoms. The molecule has 2 aliphatic rings. The van der Waals surface area contributed by atoms with Crippen LogP contribution >= 0.6 is 0 Å². The minimum atomic E-state index is -3.73. The van der Waals surface area contributed by atoms with Gasteiger partial charge in [0.25, 0.3) is 0 Å². The van der Waals surface area contributed by atoms with Gasteiger partial charge in [-0.3, -0.25) is 4.79 Å². The van der Waals surface area contributed by atoms with Crippen molar-refractivity contribution in [2.45, 2.75) is 49.5 Å². The Morgan fingerprint density at radius 3 is 2.52 bits per heavy atom. The molecule has 1 fully saturated rings. The van der Waals surface area contributed by atoms with E-state index in [1.54, 1.807) is 12.1 Å². The number of nitrogens with zero attached hydrogens (tertiary/aromatic N) is 1. The standard InChI is InChI=1S/C15H19NO4S/c17-15(18)10-16(13-5-2-6-13)21(19,20)14-8-7-11-3-1-4-12(11)9-14/h7-9,13H,1-6,10H2,(H,17,18). The predicted octanol–water partition coefficient (Wildman–Crippen LogP) is 1.80. The van der Waals surface area contributed by atoms with E-state index < -0.39 is 22.5 Å². The van der Waals surface area contributed by atoms with E-state index in [4.69, 9.17) is 5.11 Å². The molecular weight excluding hydrogens is 290 g/mol. The number of rotatable bonds is 5. The second kappa shape index (κ2) is 5.42. The fourth-order valence-electron chi connectivity index (χ4n) is 3.06. The van der Waals surface area contributed by atoms with Crippen molar-refractivity contribution in [2.24, 2.45) is 0 Å². The molecule has 0 heterocycles. The Kier molecular flexibility index (Phi) is 3.75. The van der Waals surface area contributed by atoms with E-state index in [1.165, 1.54) is 5.56 Å². The molecule has 0 unspecified atom stereocenters. The maximum absolute atomic E-state index is 12.8. The molecule has 0 saturated heterocycles. The summed E-state index contributed by atoms with van der Waals surface area (Å²) in [5.74, 6) is -1.10. The molecule has 0 spiro atoms. The SMILES string of the molecule is O=C(O)CN(C1CCC1)S(=O)(=O)c1ccc2c(c1)CCC2.